The Morgan fingerprint density at radius 3 is 2.83 bits per heavy atom. The molecule has 0 fully saturated rings. The fourth-order valence-electron chi connectivity index (χ4n) is 0.934. The van der Waals surface area contributed by atoms with E-state index in [0.717, 1.165) is 11.3 Å². The van der Waals surface area contributed by atoms with Crippen LogP contribution in [0, 0.1) is 6.92 Å². The number of nitrogens with zero attached hydrogens (tertiary/aromatic N) is 1. The highest BCUT2D eigenvalue weighted by molar-refractivity contribution is 5.87. The van der Waals surface area contributed by atoms with Crippen LogP contribution in [-0.2, 0) is 6.54 Å². The second-order valence-corrected chi connectivity index (χ2v) is 2.50. The van der Waals surface area contributed by atoms with Crippen LogP contribution >= 0.6 is 0 Å². The minimum atomic E-state index is -0.964. The van der Waals surface area contributed by atoms with Crippen molar-refractivity contribution in [1.29, 1.82) is 0 Å². The maximum Gasteiger partial charge on any atom is 0.337 e. The van der Waals surface area contributed by atoms with E-state index < -0.39 is 5.97 Å². The highest BCUT2D eigenvalue weighted by Crippen LogP contribution is 2.06. The van der Waals surface area contributed by atoms with Crippen LogP contribution in [0.4, 0.5) is 0 Å². The number of carbonyl (C=O) groups is 1. The number of carboxylic acids is 1. The number of rotatable bonds is 2. The van der Waals surface area contributed by atoms with Crippen LogP contribution in [0.3, 0.4) is 0 Å². The van der Waals surface area contributed by atoms with Crippen LogP contribution in [0.2, 0.25) is 0 Å². The molecule has 0 amide bonds. The second kappa shape index (κ2) is 3.32. The van der Waals surface area contributed by atoms with Crippen LogP contribution in [0.5, 0.6) is 0 Å². The Morgan fingerprint density at radius 2 is 2.42 bits per heavy atom. The van der Waals surface area contributed by atoms with Gasteiger partial charge in [0.1, 0.15) is 0 Å². The average Bonchev–Trinajstić information content (AvgIpc) is 2.04. The third kappa shape index (κ3) is 1.60. The van der Waals surface area contributed by atoms with E-state index in [2.05, 4.69) is 4.98 Å². The van der Waals surface area contributed by atoms with Crippen LogP contribution in [-0.4, -0.2) is 16.1 Å². The van der Waals surface area contributed by atoms with Gasteiger partial charge in [-0.15, -0.1) is 0 Å². The molecule has 0 unspecified atom stereocenters. The monoisotopic (exact) mass is 166 g/mol. The van der Waals surface area contributed by atoms with E-state index in [-0.39, 0.29) is 5.56 Å². The van der Waals surface area contributed by atoms with Crippen molar-refractivity contribution >= 4 is 5.97 Å². The maximum atomic E-state index is 10.5. The van der Waals surface area contributed by atoms with Gasteiger partial charge in [-0.2, -0.15) is 0 Å². The normalized spacial score (nSPS) is 9.83. The van der Waals surface area contributed by atoms with Crippen LogP contribution < -0.4 is 5.73 Å². The zero-order valence-corrected chi connectivity index (χ0v) is 6.74. The van der Waals surface area contributed by atoms with Crippen molar-refractivity contribution < 1.29 is 9.90 Å². The van der Waals surface area contributed by atoms with Gasteiger partial charge in [-0.05, 0) is 18.6 Å². The van der Waals surface area contributed by atoms with E-state index in [0.29, 0.717) is 6.54 Å². The molecule has 0 aliphatic rings. The summed E-state index contributed by atoms with van der Waals surface area (Å²) in [6.45, 7) is 2.13. The summed E-state index contributed by atoms with van der Waals surface area (Å²) >= 11 is 0. The molecular formula is C8H10N2O2. The lowest BCUT2D eigenvalue weighted by Gasteiger charge is -2.01. The molecule has 0 saturated carbocycles. The van der Waals surface area contributed by atoms with Gasteiger partial charge in [0.2, 0.25) is 0 Å². The van der Waals surface area contributed by atoms with Gasteiger partial charge in [-0.1, -0.05) is 0 Å². The number of hydrogen-bond acceptors (Lipinski definition) is 3. The standard InChI is InChI=1S/C8H10N2O2/c1-5-2-6(8(11)12)4-10-7(5)3-9/h2,4H,3,9H2,1H3,(H,11,12). The molecule has 4 heteroatoms. The summed E-state index contributed by atoms with van der Waals surface area (Å²) in [6, 6.07) is 1.57. The Kier molecular flexibility index (Phi) is 2.40. The molecule has 0 radical (unpaired) electrons. The summed E-state index contributed by atoms with van der Waals surface area (Å²) in [5.74, 6) is -0.964. The van der Waals surface area contributed by atoms with Gasteiger partial charge in [0.25, 0.3) is 0 Å². The summed E-state index contributed by atoms with van der Waals surface area (Å²) in [5.41, 5.74) is 7.12. The lowest BCUT2D eigenvalue weighted by Crippen LogP contribution is -2.05. The maximum absolute atomic E-state index is 10.5. The number of hydrogen-bond donors (Lipinski definition) is 2. The largest absolute Gasteiger partial charge is 0.478 e. The highest BCUT2D eigenvalue weighted by Gasteiger charge is 2.05. The van der Waals surface area contributed by atoms with Gasteiger partial charge < -0.3 is 10.8 Å². The molecule has 0 aliphatic heterocycles. The molecule has 0 bridgehead atoms. The van der Waals surface area contributed by atoms with Crippen molar-refractivity contribution in [2.75, 3.05) is 0 Å². The first-order valence-electron chi connectivity index (χ1n) is 3.54. The van der Waals surface area contributed by atoms with E-state index in [4.69, 9.17) is 10.8 Å². The van der Waals surface area contributed by atoms with E-state index in [1.54, 1.807) is 13.0 Å². The van der Waals surface area contributed by atoms with E-state index in [9.17, 15) is 4.79 Å². The number of aromatic nitrogens is 1. The summed E-state index contributed by atoms with van der Waals surface area (Å²) < 4.78 is 0. The Bertz CT molecular complexity index is 310. The SMILES string of the molecule is Cc1cc(C(=O)O)cnc1CN. The quantitative estimate of drug-likeness (QED) is 0.672. The van der Waals surface area contributed by atoms with Crippen molar-refractivity contribution in [2.24, 2.45) is 5.73 Å². The minimum absolute atomic E-state index is 0.199. The Hall–Kier alpha value is -1.42. The summed E-state index contributed by atoms with van der Waals surface area (Å²) in [7, 11) is 0. The fraction of sp³-hybridized carbons (Fsp3) is 0.250. The smallest absolute Gasteiger partial charge is 0.337 e. The van der Waals surface area contributed by atoms with Crippen LogP contribution in [0.1, 0.15) is 21.6 Å². The molecular weight excluding hydrogens is 156 g/mol. The van der Waals surface area contributed by atoms with Gasteiger partial charge >= 0.3 is 5.97 Å². The molecule has 1 aromatic rings. The molecule has 0 aliphatic carbocycles. The number of carboxylic acid groups (broad SMARTS) is 1. The lowest BCUT2D eigenvalue weighted by molar-refractivity contribution is 0.0696. The topological polar surface area (TPSA) is 76.2 Å². The van der Waals surface area contributed by atoms with E-state index in [1.165, 1.54) is 6.20 Å². The second-order valence-electron chi connectivity index (χ2n) is 2.50. The Labute approximate surface area is 70.0 Å². The molecule has 0 aromatic carbocycles. The predicted octanol–water partition coefficient (Wildman–Crippen LogP) is 0.547. The van der Waals surface area contributed by atoms with Gasteiger partial charge in [0.15, 0.2) is 0 Å². The third-order valence-corrected chi connectivity index (χ3v) is 1.63. The Balaban J connectivity index is 3.10. The Morgan fingerprint density at radius 1 is 1.75 bits per heavy atom. The molecule has 1 aromatic heterocycles. The summed E-state index contributed by atoms with van der Waals surface area (Å²) in [5, 5.41) is 8.60. The first kappa shape index (κ1) is 8.67. The van der Waals surface area contributed by atoms with Crippen molar-refractivity contribution in [2.45, 2.75) is 13.5 Å². The van der Waals surface area contributed by atoms with Crippen LogP contribution in [0.25, 0.3) is 0 Å². The first-order chi connectivity index (χ1) is 5.65. The molecule has 0 atom stereocenters. The third-order valence-electron chi connectivity index (χ3n) is 1.63. The van der Waals surface area contributed by atoms with Gasteiger partial charge in [0, 0.05) is 12.7 Å². The molecule has 12 heavy (non-hydrogen) atoms. The highest BCUT2D eigenvalue weighted by atomic mass is 16.4. The van der Waals surface area contributed by atoms with E-state index >= 15 is 0 Å². The first-order valence-corrected chi connectivity index (χ1v) is 3.54. The van der Waals surface area contributed by atoms with E-state index in [1.807, 2.05) is 0 Å². The molecule has 4 nitrogen and oxygen atoms in total. The van der Waals surface area contributed by atoms with Crippen molar-refractivity contribution in [3.63, 3.8) is 0 Å². The molecule has 3 N–H and O–H groups in total. The summed E-state index contributed by atoms with van der Waals surface area (Å²) in [6.07, 6.45) is 1.32. The number of pyridine rings is 1. The number of aromatic carboxylic acids is 1. The summed E-state index contributed by atoms with van der Waals surface area (Å²) in [4.78, 5) is 14.4. The van der Waals surface area contributed by atoms with Crippen molar-refractivity contribution in [3.05, 3.63) is 29.1 Å². The minimum Gasteiger partial charge on any atom is -0.478 e. The average molecular weight is 166 g/mol. The molecule has 0 spiro atoms. The number of aryl methyl sites for hydroxylation is 1. The fourth-order valence-corrected chi connectivity index (χ4v) is 0.934. The molecule has 0 saturated heterocycles. The molecule has 1 rings (SSSR count). The van der Waals surface area contributed by atoms with Gasteiger partial charge in [0.05, 0.1) is 11.3 Å². The van der Waals surface area contributed by atoms with Crippen molar-refractivity contribution in [3.8, 4) is 0 Å². The van der Waals surface area contributed by atoms with Gasteiger partial charge in [-0.25, -0.2) is 4.79 Å². The van der Waals surface area contributed by atoms with Crippen molar-refractivity contribution in [1.82, 2.24) is 4.98 Å². The lowest BCUT2D eigenvalue weighted by atomic mass is 10.1. The zero-order valence-electron chi connectivity index (χ0n) is 6.74. The molecule has 1 heterocycles. The number of nitrogens with two attached hydrogens (primary N) is 1. The molecule has 64 valence electrons. The predicted molar refractivity (Wildman–Crippen MR) is 43.8 cm³/mol. The zero-order chi connectivity index (χ0) is 9.14. The van der Waals surface area contributed by atoms with Crippen LogP contribution in [0.15, 0.2) is 12.3 Å². The van der Waals surface area contributed by atoms with Gasteiger partial charge in [-0.3, -0.25) is 4.98 Å².